The molecule has 0 radical (unpaired) electrons. The van der Waals surface area contributed by atoms with Crippen LogP contribution in [-0.4, -0.2) is 41.5 Å². The van der Waals surface area contributed by atoms with Gasteiger partial charge in [-0.05, 0) is 25.0 Å². The molecule has 1 atom stereocenters. The van der Waals surface area contributed by atoms with Crippen molar-refractivity contribution in [2.24, 2.45) is 0 Å². The number of amides is 1. The molecule has 0 bridgehead atoms. The van der Waals surface area contributed by atoms with Crippen LogP contribution in [0, 0.1) is 24.4 Å². The molecule has 2 aromatic heterocycles. The van der Waals surface area contributed by atoms with Gasteiger partial charge in [-0.15, -0.1) is 15.3 Å². The molecule has 3 aromatic rings. The summed E-state index contributed by atoms with van der Waals surface area (Å²) in [4.78, 5) is 16.0. The second-order valence-corrected chi connectivity index (χ2v) is 6.97. The van der Waals surface area contributed by atoms with Crippen LogP contribution < -0.4 is 5.32 Å². The highest BCUT2D eigenvalue weighted by Crippen LogP contribution is 2.20. The van der Waals surface area contributed by atoms with E-state index in [4.69, 9.17) is 0 Å². The molecular formula is C18H18F3N7O. The van der Waals surface area contributed by atoms with Crippen LogP contribution in [0.5, 0.6) is 0 Å². The number of halogens is 3. The molecule has 0 saturated carbocycles. The first-order chi connectivity index (χ1) is 13.8. The molecule has 0 fully saturated rings. The number of fused-ring (bicyclic) bond motifs is 3. The predicted octanol–water partition coefficient (Wildman–Crippen LogP) is 1.43. The average Bonchev–Trinajstić information content (AvgIpc) is 3.21. The number of nitrogens with zero attached hydrogens (tertiary/aromatic N) is 6. The van der Waals surface area contributed by atoms with Crippen LogP contribution in [0.4, 0.5) is 13.2 Å². The molecule has 4 rings (SSSR count). The van der Waals surface area contributed by atoms with E-state index in [-0.39, 0.29) is 24.3 Å². The van der Waals surface area contributed by atoms with Crippen molar-refractivity contribution < 1.29 is 18.0 Å². The Labute approximate surface area is 163 Å². The van der Waals surface area contributed by atoms with Crippen LogP contribution >= 0.6 is 0 Å². The summed E-state index contributed by atoms with van der Waals surface area (Å²) in [6, 6.07) is 0.728. The maximum absolute atomic E-state index is 14.1. The summed E-state index contributed by atoms with van der Waals surface area (Å²) < 4.78 is 44.3. The summed E-state index contributed by atoms with van der Waals surface area (Å²) in [6.07, 6.45) is 0.841. The van der Waals surface area contributed by atoms with Crippen LogP contribution in [0.3, 0.4) is 0 Å². The van der Waals surface area contributed by atoms with Crippen molar-refractivity contribution in [1.29, 1.82) is 0 Å². The Bertz CT molecular complexity index is 1090. The van der Waals surface area contributed by atoms with Crippen molar-refractivity contribution in [2.75, 3.05) is 0 Å². The minimum absolute atomic E-state index is 0.0293. The standard InChI is InChI=1S/C18H18F3N7O/c1-9-22-16-3-4-27-17(24-25-18(27)28(16)26-9)7-12(23-10(2)29)5-11-6-14(20)15(21)8-13(11)19/h6,8,12H,3-5,7H2,1-2H3,(H,23,29)/t12-/m1/s1. The Balaban J connectivity index is 1.61. The first kappa shape index (κ1) is 19.1. The van der Waals surface area contributed by atoms with Crippen molar-refractivity contribution >= 4 is 5.91 Å². The van der Waals surface area contributed by atoms with E-state index in [1.165, 1.54) is 6.92 Å². The van der Waals surface area contributed by atoms with Gasteiger partial charge in [-0.2, -0.15) is 4.68 Å². The SMILES string of the molecule is CC(=O)N[C@H](Cc1cc(F)c(F)cc1F)Cc1nnc2n1CCc1nc(C)nn1-2. The largest absolute Gasteiger partial charge is 0.353 e. The predicted molar refractivity (Wildman–Crippen MR) is 94.7 cm³/mol. The van der Waals surface area contributed by atoms with Crippen LogP contribution in [0.25, 0.3) is 5.95 Å². The number of benzene rings is 1. The van der Waals surface area contributed by atoms with Crippen molar-refractivity contribution in [2.45, 2.75) is 45.7 Å². The lowest BCUT2D eigenvalue weighted by molar-refractivity contribution is -0.119. The van der Waals surface area contributed by atoms with Gasteiger partial charge in [0.2, 0.25) is 5.91 Å². The van der Waals surface area contributed by atoms with Gasteiger partial charge in [0.05, 0.1) is 0 Å². The monoisotopic (exact) mass is 405 g/mol. The molecular weight excluding hydrogens is 387 g/mol. The van der Waals surface area contributed by atoms with E-state index in [9.17, 15) is 18.0 Å². The Morgan fingerprint density at radius 3 is 2.69 bits per heavy atom. The Kier molecular flexibility index (Phi) is 4.81. The van der Waals surface area contributed by atoms with Crippen molar-refractivity contribution in [3.05, 3.63) is 52.6 Å². The molecule has 29 heavy (non-hydrogen) atoms. The van der Waals surface area contributed by atoms with Gasteiger partial charge in [-0.3, -0.25) is 9.36 Å². The number of aryl methyl sites for hydroxylation is 2. The van der Waals surface area contributed by atoms with Gasteiger partial charge in [0.15, 0.2) is 11.6 Å². The van der Waals surface area contributed by atoms with Gasteiger partial charge < -0.3 is 5.32 Å². The number of carbonyl (C=O) groups is 1. The molecule has 152 valence electrons. The fourth-order valence-corrected chi connectivity index (χ4v) is 3.52. The summed E-state index contributed by atoms with van der Waals surface area (Å²) in [5.41, 5.74) is -0.0322. The minimum Gasteiger partial charge on any atom is -0.353 e. The van der Waals surface area contributed by atoms with Gasteiger partial charge in [0.1, 0.15) is 23.3 Å². The summed E-state index contributed by atoms with van der Waals surface area (Å²) >= 11 is 0. The molecule has 0 saturated heterocycles. The summed E-state index contributed by atoms with van der Waals surface area (Å²) in [5, 5.41) is 15.4. The van der Waals surface area contributed by atoms with Gasteiger partial charge >= 0.3 is 0 Å². The molecule has 1 amide bonds. The third kappa shape index (κ3) is 3.71. The number of rotatable bonds is 5. The van der Waals surface area contributed by atoms with Crippen molar-refractivity contribution in [3.63, 3.8) is 0 Å². The molecule has 11 heteroatoms. The van der Waals surface area contributed by atoms with E-state index in [1.54, 1.807) is 11.6 Å². The fourth-order valence-electron chi connectivity index (χ4n) is 3.52. The minimum atomic E-state index is -1.26. The molecule has 1 N–H and O–H groups in total. The Hall–Kier alpha value is -3.24. The number of hydrogen-bond acceptors (Lipinski definition) is 5. The molecule has 0 unspecified atom stereocenters. The summed E-state index contributed by atoms with van der Waals surface area (Å²) in [7, 11) is 0. The molecule has 1 aromatic carbocycles. The zero-order valence-corrected chi connectivity index (χ0v) is 15.8. The van der Waals surface area contributed by atoms with Gasteiger partial charge in [-0.1, -0.05) is 0 Å². The molecule has 1 aliphatic rings. The lowest BCUT2D eigenvalue weighted by atomic mass is 10.0. The van der Waals surface area contributed by atoms with E-state index in [2.05, 4.69) is 25.6 Å². The first-order valence-electron chi connectivity index (χ1n) is 9.07. The van der Waals surface area contributed by atoms with Crippen LogP contribution in [0.1, 0.15) is 30.0 Å². The van der Waals surface area contributed by atoms with Gasteiger partial charge in [-0.25, -0.2) is 18.2 Å². The maximum Gasteiger partial charge on any atom is 0.253 e. The normalized spacial score (nSPS) is 13.7. The quantitative estimate of drug-likeness (QED) is 0.649. The van der Waals surface area contributed by atoms with Crippen LogP contribution in [-0.2, 0) is 30.6 Å². The fraction of sp³-hybridized carbons (Fsp3) is 0.389. The highest BCUT2D eigenvalue weighted by Gasteiger charge is 2.26. The number of nitrogens with one attached hydrogen (secondary N) is 1. The van der Waals surface area contributed by atoms with Crippen LogP contribution in [0.2, 0.25) is 0 Å². The highest BCUT2D eigenvalue weighted by atomic mass is 19.2. The third-order valence-corrected chi connectivity index (χ3v) is 4.73. The van der Waals surface area contributed by atoms with E-state index in [1.807, 2.05) is 4.57 Å². The Morgan fingerprint density at radius 1 is 1.17 bits per heavy atom. The third-order valence-electron chi connectivity index (χ3n) is 4.73. The maximum atomic E-state index is 14.1. The van der Waals surface area contributed by atoms with Crippen molar-refractivity contribution in [3.8, 4) is 5.95 Å². The Morgan fingerprint density at radius 2 is 1.93 bits per heavy atom. The number of aromatic nitrogens is 6. The first-order valence-corrected chi connectivity index (χ1v) is 9.07. The van der Waals surface area contributed by atoms with E-state index in [0.29, 0.717) is 36.6 Å². The van der Waals surface area contributed by atoms with Gasteiger partial charge in [0.25, 0.3) is 5.95 Å². The second-order valence-electron chi connectivity index (χ2n) is 6.97. The lowest BCUT2D eigenvalue weighted by Crippen LogP contribution is -2.38. The number of carbonyl (C=O) groups excluding carboxylic acids is 1. The summed E-state index contributed by atoms with van der Waals surface area (Å²) in [5.74, 6) is -1.09. The molecule has 3 heterocycles. The topological polar surface area (TPSA) is 90.5 Å². The van der Waals surface area contributed by atoms with E-state index >= 15 is 0 Å². The molecule has 0 spiro atoms. The molecule has 0 aliphatic carbocycles. The van der Waals surface area contributed by atoms with Gasteiger partial charge in [0, 0.05) is 38.4 Å². The van der Waals surface area contributed by atoms with Crippen molar-refractivity contribution in [1.82, 2.24) is 34.8 Å². The second kappa shape index (κ2) is 7.30. The highest BCUT2D eigenvalue weighted by molar-refractivity contribution is 5.73. The number of hydrogen-bond donors (Lipinski definition) is 1. The average molecular weight is 405 g/mol. The molecule has 1 aliphatic heterocycles. The zero-order valence-electron chi connectivity index (χ0n) is 15.8. The smallest absolute Gasteiger partial charge is 0.253 e. The lowest BCUT2D eigenvalue weighted by Gasteiger charge is -2.20. The molecule has 8 nitrogen and oxygen atoms in total. The van der Waals surface area contributed by atoms with Crippen LogP contribution in [0.15, 0.2) is 12.1 Å². The van der Waals surface area contributed by atoms with E-state index < -0.39 is 23.5 Å². The summed E-state index contributed by atoms with van der Waals surface area (Å²) in [6.45, 7) is 3.70. The van der Waals surface area contributed by atoms with E-state index in [0.717, 1.165) is 11.9 Å². The zero-order chi connectivity index (χ0) is 20.7.